The number of nitrogens with zero attached hydrogens (tertiary/aromatic N) is 5. The van der Waals surface area contributed by atoms with Crippen LogP contribution in [0, 0.1) is 0 Å². The van der Waals surface area contributed by atoms with E-state index >= 15 is 0 Å². The number of nitrogens with one attached hydrogen (secondary N) is 1. The van der Waals surface area contributed by atoms with Crippen LogP contribution < -0.4 is 15.0 Å². The van der Waals surface area contributed by atoms with Gasteiger partial charge in [-0.05, 0) is 38.1 Å². The Kier molecular flexibility index (Phi) is 3.78. The number of urea groups is 1. The van der Waals surface area contributed by atoms with Gasteiger partial charge in [-0.2, -0.15) is 0 Å². The largest absolute Gasteiger partial charge is 0.494 e. The number of fused-ring (bicyclic) bond motifs is 3. The van der Waals surface area contributed by atoms with Crippen molar-refractivity contribution in [3.05, 3.63) is 24.3 Å². The maximum absolute atomic E-state index is 12.5. The molecule has 1 aromatic heterocycles. The molecule has 1 N–H and O–H groups in total. The number of amides is 3. The molecule has 0 radical (unpaired) electrons. The van der Waals surface area contributed by atoms with Crippen LogP contribution in [0.1, 0.15) is 20.0 Å². The number of carbonyl (C=O) groups excluding carboxylic acids is 2. The van der Waals surface area contributed by atoms with Gasteiger partial charge in [-0.1, -0.05) is 0 Å². The lowest BCUT2D eigenvalue weighted by molar-refractivity contribution is -0.124. The maximum atomic E-state index is 12.5. The molecule has 0 aliphatic carbocycles. The van der Waals surface area contributed by atoms with Crippen LogP contribution in [-0.4, -0.2) is 57.8 Å². The van der Waals surface area contributed by atoms with E-state index in [4.69, 9.17) is 4.74 Å². The first-order valence-electron chi connectivity index (χ1n) is 8.59. The molecule has 2 unspecified atom stereocenters. The van der Waals surface area contributed by atoms with Gasteiger partial charge in [0.05, 0.1) is 6.61 Å². The number of rotatable bonds is 4. The van der Waals surface area contributed by atoms with E-state index in [1.807, 2.05) is 47.6 Å². The summed E-state index contributed by atoms with van der Waals surface area (Å²) in [7, 11) is 1.67. The van der Waals surface area contributed by atoms with Gasteiger partial charge in [0.2, 0.25) is 5.95 Å². The third-order valence-corrected chi connectivity index (χ3v) is 4.80. The van der Waals surface area contributed by atoms with Gasteiger partial charge in [0.25, 0.3) is 5.91 Å². The van der Waals surface area contributed by atoms with Crippen LogP contribution in [0.2, 0.25) is 0 Å². The Hall–Kier alpha value is -3.10. The van der Waals surface area contributed by atoms with E-state index in [1.54, 1.807) is 7.05 Å². The molecule has 136 valence electrons. The summed E-state index contributed by atoms with van der Waals surface area (Å²) in [6.07, 6.45) is -0.484. The number of likely N-dealkylation sites (N-methyl/N-ethyl adjacent to an activating group) is 2. The Morgan fingerprint density at radius 2 is 1.88 bits per heavy atom. The molecule has 26 heavy (non-hydrogen) atoms. The zero-order valence-electron chi connectivity index (χ0n) is 14.8. The molecule has 0 spiro atoms. The van der Waals surface area contributed by atoms with Crippen LogP contribution in [0.3, 0.4) is 0 Å². The van der Waals surface area contributed by atoms with Crippen LogP contribution >= 0.6 is 0 Å². The number of anilines is 1. The van der Waals surface area contributed by atoms with Gasteiger partial charge in [0.15, 0.2) is 11.9 Å². The molecule has 3 heterocycles. The third kappa shape index (κ3) is 2.23. The second kappa shape index (κ2) is 6.01. The van der Waals surface area contributed by atoms with Gasteiger partial charge in [-0.15, -0.1) is 10.2 Å². The normalized spacial score (nSPS) is 21.5. The molecule has 1 fully saturated rings. The van der Waals surface area contributed by atoms with E-state index in [2.05, 4.69) is 15.5 Å². The lowest BCUT2D eigenvalue weighted by atomic mass is 10.1. The van der Waals surface area contributed by atoms with E-state index in [-0.39, 0.29) is 5.91 Å². The van der Waals surface area contributed by atoms with E-state index in [0.29, 0.717) is 24.9 Å². The second-order valence-corrected chi connectivity index (χ2v) is 6.20. The molecule has 2 aliphatic rings. The Morgan fingerprint density at radius 1 is 1.15 bits per heavy atom. The van der Waals surface area contributed by atoms with Crippen LogP contribution in [-0.2, 0) is 4.79 Å². The summed E-state index contributed by atoms with van der Waals surface area (Å²) < 4.78 is 7.34. The molecule has 2 aromatic rings. The van der Waals surface area contributed by atoms with E-state index in [9.17, 15) is 9.59 Å². The van der Waals surface area contributed by atoms with Crippen molar-refractivity contribution < 1.29 is 14.3 Å². The Labute approximate surface area is 150 Å². The fraction of sp³-hybridized carbons (Fsp3) is 0.412. The summed E-state index contributed by atoms with van der Waals surface area (Å²) in [4.78, 5) is 28.0. The van der Waals surface area contributed by atoms with Crippen molar-refractivity contribution in [2.75, 3.05) is 25.1 Å². The zero-order chi connectivity index (χ0) is 18.4. The molecule has 2 aliphatic heterocycles. The molecule has 2 atom stereocenters. The predicted octanol–water partition coefficient (Wildman–Crippen LogP) is 1.23. The minimum Gasteiger partial charge on any atom is -0.494 e. The molecular weight excluding hydrogens is 336 g/mol. The second-order valence-electron chi connectivity index (χ2n) is 6.20. The molecular formula is C17H20N6O3. The number of ether oxygens (including phenoxy) is 1. The molecule has 4 rings (SSSR count). The van der Waals surface area contributed by atoms with Crippen molar-refractivity contribution >= 4 is 17.9 Å². The molecule has 0 bridgehead atoms. The van der Waals surface area contributed by atoms with Gasteiger partial charge in [-0.25, -0.2) is 4.79 Å². The highest BCUT2D eigenvalue weighted by atomic mass is 16.5. The first-order valence-corrected chi connectivity index (χ1v) is 8.59. The summed E-state index contributed by atoms with van der Waals surface area (Å²) >= 11 is 0. The predicted molar refractivity (Wildman–Crippen MR) is 93.8 cm³/mol. The minimum atomic E-state index is -0.519. The lowest BCUT2D eigenvalue weighted by Crippen LogP contribution is -2.61. The average Bonchev–Trinajstić information content (AvgIpc) is 3.19. The molecule has 0 saturated carbocycles. The van der Waals surface area contributed by atoms with Gasteiger partial charge in [-0.3, -0.25) is 14.7 Å². The molecule has 1 saturated heterocycles. The monoisotopic (exact) mass is 356 g/mol. The number of benzene rings is 1. The molecule has 9 heteroatoms. The number of aromatic nitrogens is 3. The van der Waals surface area contributed by atoms with Crippen molar-refractivity contribution in [3.63, 3.8) is 0 Å². The first-order chi connectivity index (χ1) is 12.6. The van der Waals surface area contributed by atoms with Gasteiger partial charge < -0.3 is 14.5 Å². The van der Waals surface area contributed by atoms with Crippen molar-refractivity contribution in [1.82, 2.24) is 25.0 Å². The summed E-state index contributed by atoms with van der Waals surface area (Å²) in [5.74, 6) is 1.66. The maximum Gasteiger partial charge on any atom is 0.325 e. The van der Waals surface area contributed by atoms with Crippen LogP contribution in [0.4, 0.5) is 10.7 Å². The standard InChI is InChI=1S/C17H20N6O3/c1-4-22-12-14(24)18-17(25)21(3)15(12)23-13(19-20-16(22)23)10-6-8-11(9-7-10)26-5-2/h6-9,12,15H,4-5H2,1-3H3,(H,18,24,25). The molecule has 1 aromatic carbocycles. The average molecular weight is 356 g/mol. The van der Waals surface area contributed by atoms with E-state index < -0.39 is 18.2 Å². The van der Waals surface area contributed by atoms with Crippen molar-refractivity contribution in [2.24, 2.45) is 0 Å². The topological polar surface area (TPSA) is 92.6 Å². The highest BCUT2D eigenvalue weighted by molar-refractivity contribution is 6.02. The Bertz CT molecular complexity index is 862. The Morgan fingerprint density at radius 3 is 2.54 bits per heavy atom. The van der Waals surface area contributed by atoms with E-state index in [0.717, 1.165) is 11.3 Å². The van der Waals surface area contributed by atoms with Crippen LogP contribution in [0.15, 0.2) is 24.3 Å². The fourth-order valence-electron chi connectivity index (χ4n) is 3.60. The minimum absolute atomic E-state index is 0.317. The van der Waals surface area contributed by atoms with Crippen molar-refractivity contribution in [3.8, 4) is 17.1 Å². The van der Waals surface area contributed by atoms with Gasteiger partial charge >= 0.3 is 6.03 Å². The lowest BCUT2D eigenvalue weighted by Gasteiger charge is -2.36. The number of carbonyl (C=O) groups is 2. The molecule has 3 amide bonds. The van der Waals surface area contributed by atoms with Crippen molar-refractivity contribution in [2.45, 2.75) is 26.1 Å². The van der Waals surface area contributed by atoms with E-state index in [1.165, 1.54) is 4.90 Å². The highest BCUT2D eigenvalue weighted by Gasteiger charge is 2.51. The highest BCUT2D eigenvalue weighted by Crippen LogP contribution is 2.40. The fourth-order valence-corrected chi connectivity index (χ4v) is 3.60. The van der Waals surface area contributed by atoms with Gasteiger partial charge in [0.1, 0.15) is 11.9 Å². The van der Waals surface area contributed by atoms with Crippen LogP contribution in [0.5, 0.6) is 5.75 Å². The smallest absolute Gasteiger partial charge is 0.325 e. The summed E-state index contributed by atoms with van der Waals surface area (Å²) in [6, 6.07) is 6.59. The number of imide groups is 1. The Balaban J connectivity index is 1.80. The van der Waals surface area contributed by atoms with Crippen LogP contribution in [0.25, 0.3) is 11.4 Å². The first kappa shape index (κ1) is 16.4. The molecule has 9 nitrogen and oxygen atoms in total. The summed E-state index contributed by atoms with van der Waals surface area (Å²) in [5, 5.41) is 11.0. The summed E-state index contributed by atoms with van der Waals surface area (Å²) in [5.41, 5.74) is 0.843. The van der Waals surface area contributed by atoms with Crippen molar-refractivity contribution in [1.29, 1.82) is 0 Å². The quantitative estimate of drug-likeness (QED) is 0.886. The number of hydrogen-bond acceptors (Lipinski definition) is 6. The number of hydrogen-bond donors (Lipinski definition) is 1. The summed E-state index contributed by atoms with van der Waals surface area (Å²) in [6.45, 7) is 5.05. The SMILES string of the molecule is CCOc1ccc(-c2nnc3n2C2C(C(=O)NC(=O)N2C)N3CC)cc1. The third-order valence-electron chi connectivity index (χ3n) is 4.80. The van der Waals surface area contributed by atoms with Gasteiger partial charge in [0, 0.05) is 19.2 Å². The zero-order valence-corrected chi connectivity index (χ0v) is 14.8.